The van der Waals surface area contributed by atoms with Crippen LogP contribution in [0.25, 0.3) is 0 Å². The number of methoxy groups -OCH3 is 1. The van der Waals surface area contributed by atoms with Crippen molar-refractivity contribution in [2.24, 2.45) is 5.92 Å². The van der Waals surface area contributed by atoms with Crippen LogP contribution >= 0.6 is 11.6 Å². The molecule has 0 heterocycles. The molecule has 2 nitrogen and oxygen atoms in total. The van der Waals surface area contributed by atoms with Gasteiger partial charge in [0.2, 0.25) is 0 Å². The third kappa shape index (κ3) is 4.19. The van der Waals surface area contributed by atoms with Crippen molar-refractivity contribution in [1.82, 2.24) is 0 Å². The topological polar surface area (TPSA) is 29.5 Å². The van der Waals surface area contributed by atoms with Crippen molar-refractivity contribution in [2.75, 3.05) is 13.7 Å². The highest BCUT2D eigenvalue weighted by atomic mass is 35.5. The van der Waals surface area contributed by atoms with Gasteiger partial charge in [-0.05, 0) is 48.6 Å². The summed E-state index contributed by atoms with van der Waals surface area (Å²) in [6.07, 6.45) is 1.07. The summed E-state index contributed by atoms with van der Waals surface area (Å²) >= 11 is 6.03. The predicted octanol–water partition coefficient (Wildman–Crippen LogP) is 3.88. The Balaban J connectivity index is 2.09. The van der Waals surface area contributed by atoms with E-state index in [0.29, 0.717) is 23.4 Å². The molecule has 0 saturated heterocycles. The van der Waals surface area contributed by atoms with Crippen molar-refractivity contribution in [3.8, 4) is 5.75 Å². The highest BCUT2D eigenvalue weighted by molar-refractivity contribution is 6.31. The van der Waals surface area contributed by atoms with Crippen LogP contribution in [0.3, 0.4) is 0 Å². The van der Waals surface area contributed by atoms with Crippen LogP contribution in [-0.4, -0.2) is 18.8 Å². The zero-order chi connectivity index (χ0) is 15.2. The maximum atomic E-state index is 13.8. The molecule has 0 radical (unpaired) electrons. The molecule has 0 spiro atoms. The van der Waals surface area contributed by atoms with Crippen molar-refractivity contribution >= 4 is 11.6 Å². The van der Waals surface area contributed by atoms with Crippen molar-refractivity contribution < 1.29 is 14.2 Å². The fourth-order valence-corrected chi connectivity index (χ4v) is 2.55. The molecule has 0 bridgehead atoms. The Morgan fingerprint density at radius 3 is 2.43 bits per heavy atom. The number of aliphatic hydroxyl groups is 1. The summed E-state index contributed by atoms with van der Waals surface area (Å²) in [7, 11) is 1.62. The molecule has 0 amide bonds. The van der Waals surface area contributed by atoms with Gasteiger partial charge < -0.3 is 9.84 Å². The van der Waals surface area contributed by atoms with Gasteiger partial charge in [0.15, 0.2) is 0 Å². The predicted molar refractivity (Wildman–Crippen MR) is 82.4 cm³/mol. The molecule has 2 rings (SSSR count). The fourth-order valence-electron chi connectivity index (χ4n) is 2.31. The number of rotatable bonds is 6. The first-order valence-electron chi connectivity index (χ1n) is 6.80. The van der Waals surface area contributed by atoms with E-state index in [1.807, 2.05) is 24.3 Å². The first-order valence-corrected chi connectivity index (χ1v) is 7.18. The van der Waals surface area contributed by atoms with Gasteiger partial charge in [0, 0.05) is 17.2 Å². The second-order valence-electron chi connectivity index (χ2n) is 5.01. The molecule has 2 aromatic rings. The SMILES string of the molecule is COc1ccc(CC(CO)Cc2c(F)cccc2Cl)cc1. The van der Waals surface area contributed by atoms with E-state index in [9.17, 15) is 9.50 Å². The third-order valence-corrected chi connectivity index (χ3v) is 3.85. The average Bonchev–Trinajstić information content (AvgIpc) is 2.50. The number of benzene rings is 2. The molecule has 1 unspecified atom stereocenters. The van der Waals surface area contributed by atoms with Crippen molar-refractivity contribution in [3.05, 3.63) is 64.4 Å². The molecular weight excluding hydrogens is 291 g/mol. The molecular formula is C17H18ClFO2. The van der Waals surface area contributed by atoms with Crippen LogP contribution in [0.2, 0.25) is 5.02 Å². The van der Waals surface area contributed by atoms with E-state index in [4.69, 9.17) is 16.3 Å². The minimum atomic E-state index is -0.323. The lowest BCUT2D eigenvalue weighted by Gasteiger charge is -2.16. The lowest BCUT2D eigenvalue weighted by Crippen LogP contribution is -2.14. The Morgan fingerprint density at radius 1 is 1.14 bits per heavy atom. The van der Waals surface area contributed by atoms with E-state index in [0.717, 1.165) is 11.3 Å². The zero-order valence-corrected chi connectivity index (χ0v) is 12.6. The van der Waals surface area contributed by atoms with Crippen molar-refractivity contribution in [3.63, 3.8) is 0 Å². The average molecular weight is 309 g/mol. The van der Waals surface area contributed by atoms with E-state index in [2.05, 4.69) is 0 Å². The Hall–Kier alpha value is -1.58. The quantitative estimate of drug-likeness (QED) is 0.877. The van der Waals surface area contributed by atoms with Crippen LogP contribution in [0, 0.1) is 11.7 Å². The summed E-state index contributed by atoms with van der Waals surface area (Å²) in [4.78, 5) is 0. The van der Waals surface area contributed by atoms with Gasteiger partial charge in [0.05, 0.1) is 7.11 Å². The van der Waals surface area contributed by atoms with Gasteiger partial charge in [-0.1, -0.05) is 29.8 Å². The van der Waals surface area contributed by atoms with E-state index < -0.39 is 0 Å². The van der Waals surface area contributed by atoms with Crippen LogP contribution in [-0.2, 0) is 12.8 Å². The number of ether oxygens (including phenoxy) is 1. The van der Waals surface area contributed by atoms with E-state index in [1.165, 1.54) is 6.07 Å². The highest BCUT2D eigenvalue weighted by Gasteiger charge is 2.15. The second-order valence-corrected chi connectivity index (χ2v) is 5.41. The van der Waals surface area contributed by atoms with Crippen LogP contribution in [0.4, 0.5) is 4.39 Å². The number of hydrogen-bond donors (Lipinski definition) is 1. The molecule has 0 aromatic heterocycles. The Morgan fingerprint density at radius 2 is 1.86 bits per heavy atom. The molecule has 0 aliphatic carbocycles. The standard InChI is InChI=1S/C17H18ClFO2/c1-21-14-7-5-12(6-8-14)9-13(11-20)10-15-16(18)3-2-4-17(15)19/h2-8,13,20H,9-11H2,1H3. The van der Waals surface area contributed by atoms with Crippen LogP contribution in [0.15, 0.2) is 42.5 Å². The van der Waals surface area contributed by atoms with Gasteiger partial charge in [0.25, 0.3) is 0 Å². The molecule has 0 aliphatic rings. The van der Waals surface area contributed by atoms with Gasteiger partial charge in [-0.25, -0.2) is 4.39 Å². The molecule has 0 fully saturated rings. The maximum Gasteiger partial charge on any atom is 0.127 e. The van der Waals surface area contributed by atoms with Gasteiger partial charge in [-0.15, -0.1) is 0 Å². The van der Waals surface area contributed by atoms with E-state index >= 15 is 0 Å². The summed E-state index contributed by atoms with van der Waals surface area (Å²) < 4.78 is 18.9. The van der Waals surface area contributed by atoms with Crippen LogP contribution < -0.4 is 4.74 Å². The van der Waals surface area contributed by atoms with Crippen molar-refractivity contribution in [2.45, 2.75) is 12.8 Å². The minimum Gasteiger partial charge on any atom is -0.497 e. The lowest BCUT2D eigenvalue weighted by atomic mass is 9.93. The zero-order valence-electron chi connectivity index (χ0n) is 11.9. The Kier molecular flexibility index (Phi) is 5.59. The van der Waals surface area contributed by atoms with Gasteiger partial charge in [-0.3, -0.25) is 0 Å². The Bertz CT molecular complexity index is 564. The van der Waals surface area contributed by atoms with Crippen LogP contribution in [0.1, 0.15) is 11.1 Å². The molecule has 21 heavy (non-hydrogen) atoms. The normalized spacial score (nSPS) is 12.2. The molecule has 1 atom stereocenters. The second kappa shape index (κ2) is 7.43. The van der Waals surface area contributed by atoms with Gasteiger partial charge in [-0.2, -0.15) is 0 Å². The van der Waals surface area contributed by atoms with E-state index in [-0.39, 0.29) is 18.3 Å². The third-order valence-electron chi connectivity index (χ3n) is 3.50. The van der Waals surface area contributed by atoms with Gasteiger partial charge >= 0.3 is 0 Å². The summed E-state index contributed by atoms with van der Waals surface area (Å²) in [6, 6.07) is 12.3. The molecule has 0 aliphatic heterocycles. The largest absolute Gasteiger partial charge is 0.497 e. The number of hydrogen-bond acceptors (Lipinski definition) is 2. The monoisotopic (exact) mass is 308 g/mol. The van der Waals surface area contributed by atoms with Gasteiger partial charge in [0.1, 0.15) is 11.6 Å². The van der Waals surface area contributed by atoms with E-state index in [1.54, 1.807) is 19.2 Å². The van der Waals surface area contributed by atoms with Crippen LogP contribution in [0.5, 0.6) is 5.75 Å². The summed E-state index contributed by atoms with van der Waals surface area (Å²) in [6.45, 7) is -0.0172. The fraction of sp³-hybridized carbons (Fsp3) is 0.294. The maximum absolute atomic E-state index is 13.8. The molecule has 0 saturated carbocycles. The smallest absolute Gasteiger partial charge is 0.127 e. The highest BCUT2D eigenvalue weighted by Crippen LogP contribution is 2.24. The van der Waals surface area contributed by atoms with Crippen molar-refractivity contribution in [1.29, 1.82) is 0 Å². The molecule has 1 N–H and O–H groups in total. The summed E-state index contributed by atoms with van der Waals surface area (Å²) in [5.41, 5.74) is 1.54. The molecule has 4 heteroatoms. The summed E-state index contributed by atoms with van der Waals surface area (Å²) in [5, 5.41) is 9.95. The minimum absolute atomic E-state index is 0.0172. The number of halogens is 2. The first-order chi connectivity index (χ1) is 10.1. The molecule has 112 valence electrons. The number of aliphatic hydroxyl groups excluding tert-OH is 1. The molecule has 2 aromatic carbocycles. The Labute approximate surface area is 129 Å². The summed E-state index contributed by atoms with van der Waals surface area (Å²) in [5.74, 6) is 0.389. The first kappa shape index (κ1) is 15.8. The lowest BCUT2D eigenvalue weighted by molar-refractivity contribution is 0.224.